The zero-order valence-corrected chi connectivity index (χ0v) is 10.5. The van der Waals surface area contributed by atoms with E-state index in [1.54, 1.807) is 7.11 Å². The summed E-state index contributed by atoms with van der Waals surface area (Å²) in [7, 11) is 1.66. The van der Waals surface area contributed by atoms with E-state index in [4.69, 9.17) is 4.74 Å². The predicted molar refractivity (Wildman–Crippen MR) is 68.1 cm³/mol. The molecule has 1 N–H and O–H groups in total. The van der Waals surface area contributed by atoms with Crippen LogP contribution in [0.4, 0.5) is 0 Å². The standard InChI is InChI=1S/C12H17NO2S/c1-15-11-6-4-3-5-10(11)7-8-13-12(14)9-16-2/h3-6H,7-9H2,1-2H3,(H,13,14). The highest BCUT2D eigenvalue weighted by molar-refractivity contribution is 7.99. The first-order valence-electron chi connectivity index (χ1n) is 5.15. The van der Waals surface area contributed by atoms with Gasteiger partial charge in [-0.2, -0.15) is 11.8 Å². The first-order chi connectivity index (χ1) is 7.77. The van der Waals surface area contributed by atoms with Gasteiger partial charge >= 0.3 is 0 Å². The van der Waals surface area contributed by atoms with E-state index < -0.39 is 0 Å². The van der Waals surface area contributed by atoms with Crippen molar-refractivity contribution in [2.75, 3.05) is 25.7 Å². The molecule has 0 aliphatic heterocycles. The summed E-state index contributed by atoms with van der Waals surface area (Å²) in [4.78, 5) is 11.2. The lowest BCUT2D eigenvalue weighted by Crippen LogP contribution is -2.27. The highest BCUT2D eigenvalue weighted by Gasteiger charge is 2.02. The third kappa shape index (κ3) is 4.14. The predicted octanol–water partition coefficient (Wildman–Crippen LogP) is 1.72. The number of ether oxygens (including phenoxy) is 1. The van der Waals surface area contributed by atoms with Crippen molar-refractivity contribution in [2.24, 2.45) is 0 Å². The molecular weight excluding hydrogens is 222 g/mol. The number of carbonyl (C=O) groups excluding carboxylic acids is 1. The first-order valence-corrected chi connectivity index (χ1v) is 6.55. The molecule has 0 atom stereocenters. The van der Waals surface area contributed by atoms with Gasteiger partial charge < -0.3 is 10.1 Å². The highest BCUT2D eigenvalue weighted by atomic mass is 32.2. The fraction of sp³-hybridized carbons (Fsp3) is 0.417. The summed E-state index contributed by atoms with van der Waals surface area (Å²) in [5, 5.41) is 2.87. The van der Waals surface area contributed by atoms with E-state index in [1.165, 1.54) is 11.8 Å². The molecule has 0 aliphatic carbocycles. The Morgan fingerprint density at radius 3 is 2.88 bits per heavy atom. The molecule has 1 aromatic rings. The molecule has 1 aromatic carbocycles. The molecule has 1 amide bonds. The van der Waals surface area contributed by atoms with Crippen molar-refractivity contribution < 1.29 is 9.53 Å². The first kappa shape index (κ1) is 12.9. The maximum absolute atomic E-state index is 11.2. The average molecular weight is 239 g/mol. The molecule has 0 unspecified atom stereocenters. The number of methoxy groups -OCH3 is 1. The molecule has 0 spiro atoms. The Labute approximate surface area is 101 Å². The molecule has 0 radical (unpaired) electrons. The zero-order chi connectivity index (χ0) is 11.8. The maximum atomic E-state index is 11.2. The lowest BCUT2D eigenvalue weighted by atomic mass is 10.1. The van der Waals surface area contributed by atoms with E-state index in [1.807, 2.05) is 30.5 Å². The molecule has 1 rings (SSSR count). The molecule has 4 heteroatoms. The Hall–Kier alpha value is -1.16. The monoisotopic (exact) mass is 239 g/mol. The Kier molecular flexibility index (Phi) is 5.78. The molecular formula is C12H17NO2S. The maximum Gasteiger partial charge on any atom is 0.229 e. The SMILES string of the molecule is COc1ccccc1CCNC(=O)CSC. The number of hydrogen-bond donors (Lipinski definition) is 1. The second-order valence-electron chi connectivity index (χ2n) is 3.34. The fourth-order valence-corrected chi connectivity index (χ4v) is 1.79. The van der Waals surface area contributed by atoms with E-state index in [0.29, 0.717) is 12.3 Å². The summed E-state index contributed by atoms with van der Waals surface area (Å²) in [6, 6.07) is 7.86. The van der Waals surface area contributed by atoms with Crippen molar-refractivity contribution >= 4 is 17.7 Å². The fourth-order valence-electron chi connectivity index (χ4n) is 1.43. The van der Waals surface area contributed by atoms with Crippen LogP contribution in [-0.2, 0) is 11.2 Å². The third-order valence-electron chi connectivity index (χ3n) is 2.18. The van der Waals surface area contributed by atoms with Gasteiger partial charge in [-0.3, -0.25) is 4.79 Å². The van der Waals surface area contributed by atoms with E-state index in [0.717, 1.165) is 17.7 Å². The number of nitrogens with one attached hydrogen (secondary N) is 1. The van der Waals surface area contributed by atoms with Gasteiger partial charge in [0.15, 0.2) is 0 Å². The number of carbonyl (C=O) groups is 1. The molecule has 0 heterocycles. The van der Waals surface area contributed by atoms with Gasteiger partial charge in [0, 0.05) is 6.54 Å². The molecule has 16 heavy (non-hydrogen) atoms. The molecule has 3 nitrogen and oxygen atoms in total. The Bertz CT molecular complexity index is 342. The van der Waals surface area contributed by atoms with Crippen molar-refractivity contribution in [2.45, 2.75) is 6.42 Å². The minimum absolute atomic E-state index is 0.0856. The second kappa shape index (κ2) is 7.17. The van der Waals surface area contributed by atoms with Crippen LogP contribution in [0.1, 0.15) is 5.56 Å². The minimum Gasteiger partial charge on any atom is -0.496 e. The van der Waals surface area contributed by atoms with Crippen molar-refractivity contribution in [1.82, 2.24) is 5.32 Å². The van der Waals surface area contributed by atoms with Crippen LogP contribution in [0.25, 0.3) is 0 Å². The van der Waals surface area contributed by atoms with Crippen LogP contribution in [0.15, 0.2) is 24.3 Å². The van der Waals surface area contributed by atoms with E-state index in [-0.39, 0.29) is 5.91 Å². The van der Waals surface area contributed by atoms with Crippen LogP contribution < -0.4 is 10.1 Å². The Balaban J connectivity index is 2.39. The number of para-hydroxylation sites is 1. The van der Waals surface area contributed by atoms with Crippen molar-refractivity contribution in [3.05, 3.63) is 29.8 Å². The molecule has 0 aromatic heterocycles. The van der Waals surface area contributed by atoms with Crippen LogP contribution >= 0.6 is 11.8 Å². The second-order valence-corrected chi connectivity index (χ2v) is 4.21. The summed E-state index contributed by atoms with van der Waals surface area (Å²) in [6.07, 6.45) is 2.71. The minimum atomic E-state index is 0.0856. The average Bonchev–Trinajstić information content (AvgIpc) is 2.30. The molecule has 88 valence electrons. The van der Waals surface area contributed by atoms with Crippen LogP contribution in [0.5, 0.6) is 5.75 Å². The summed E-state index contributed by atoms with van der Waals surface area (Å²) in [5.41, 5.74) is 1.12. The van der Waals surface area contributed by atoms with Gasteiger partial charge in [-0.15, -0.1) is 0 Å². The Morgan fingerprint density at radius 2 is 2.19 bits per heavy atom. The largest absolute Gasteiger partial charge is 0.496 e. The summed E-state index contributed by atoms with van der Waals surface area (Å²) < 4.78 is 5.23. The van der Waals surface area contributed by atoms with Gasteiger partial charge in [0.2, 0.25) is 5.91 Å². The quantitative estimate of drug-likeness (QED) is 0.821. The van der Waals surface area contributed by atoms with Gasteiger partial charge in [0.25, 0.3) is 0 Å². The van der Waals surface area contributed by atoms with Gasteiger partial charge in [-0.1, -0.05) is 18.2 Å². The summed E-state index contributed by atoms with van der Waals surface area (Å²) in [6.45, 7) is 0.653. The van der Waals surface area contributed by atoms with Gasteiger partial charge in [-0.25, -0.2) is 0 Å². The van der Waals surface area contributed by atoms with Crippen LogP contribution in [0.3, 0.4) is 0 Å². The highest BCUT2D eigenvalue weighted by Crippen LogP contribution is 2.17. The molecule has 0 saturated heterocycles. The van der Waals surface area contributed by atoms with Crippen molar-refractivity contribution in [1.29, 1.82) is 0 Å². The molecule has 0 fully saturated rings. The molecule has 0 bridgehead atoms. The molecule has 0 aliphatic rings. The molecule has 0 saturated carbocycles. The van der Waals surface area contributed by atoms with Gasteiger partial charge in [0.05, 0.1) is 12.9 Å². The number of thioether (sulfide) groups is 1. The zero-order valence-electron chi connectivity index (χ0n) is 9.66. The van der Waals surface area contributed by atoms with Crippen molar-refractivity contribution in [3.8, 4) is 5.75 Å². The summed E-state index contributed by atoms with van der Waals surface area (Å²) in [5.74, 6) is 1.48. The lowest BCUT2D eigenvalue weighted by molar-refractivity contribution is -0.118. The van der Waals surface area contributed by atoms with Crippen molar-refractivity contribution in [3.63, 3.8) is 0 Å². The third-order valence-corrected chi connectivity index (χ3v) is 2.74. The number of hydrogen-bond acceptors (Lipinski definition) is 3. The van der Waals surface area contributed by atoms with Crippen LogP contribution in [0, 0.1) is 0 Å². The topological polar surface area (TPSA) is 38.3 Å². The van der Waals surface area contributed by atoms with Gasteiger partial charge in [0.1, 0.15) is 5.75 Å². The van der Waals surface area contributed by atoms with Crippen LogP contribution in [0.2, 0.25) is 0 Å². The number of benzene rings is 1. The van der Waals surface area contributed by atoms with E-state index in [9.17, 15) is 4.79 Å². The van der Waals surface area contributed by atoms with E-state index >= 15 is 0 Å². The number of amides is 1. The lowest BCUT2D eigenvalue weighted by Gasteiger charge is -2.08. The normalized spacial score (nSPS) is 9.88. The summed E-state index contributed by atoms with van der Waals surface area (Å²) >= 11 is 1.53. The van der Waals surface area contributed by atoms with Gasteiger partial charge in [-0.05, 0) is 24.3 Å². The number of rotatable bonds is 6. The van der Waals surface area contributed by atoms with E-state index in [2.05, 4.69) is 5.32 Å². The Morgan fingerprint density at radius 1 is 1.44 bits per heavy atom. The van der Waals surface area contributed by atoms with Crippen LogP contribution in [-0.4, -0.2) is 31.6 Å². The smallest absolute Gasteiger partial charge is 0.229 e.